The minimum Gasteiger partial charge on any atom is -0.388 e. The first-order valence-corrected chi connectivity index (χ1v) is 5.99. The van der Waals surface area contributed by atoms with Crippen molar-refractivity contribution in [2.24, 2.45) is 0 Å². The van der Waals surface area contributed by atoms with Gasteiger partial charge in [0.1, 0.15) is 0 Å². The summed E-state index contributed by atoms with van der Waals surface area (Å²) in [7, 11) is 0. The zero-order chi connectivity index (χ0) is 12.9. The van der Waals surface area contributed by atoms with Gasteiger partial charge in [0.15, 0.2) is 0 Å². The highest BCUT2D eigenvalue weighted by atomic mass is 14.8. The maximum Gasteiger partial charge on any atom is 0.0325 e. The van der Waals surface area contributed by atoms with Crippen molar-refractivity contribution in [2.75, 3.05) is 6.54 Å². The molecule has 0 unspecified atom stereocenters. The zero-order valence-corrected chi connectivity index (χ0v) is 11.2. The van der Waals surface area contributed by atoms with Gasteiger partial charge in [0.2, 0.25) is 0 Å². The molecular formula is C16H23N. The summed E-state index contributed by atoms with van der Waals surface area (Å²) in [4.78, 5) is 0. The Kier molecular flexibility index (Phi) is 9.76. The summed E-state index contributed by atoms with van der Waals surface area (Å²) < 4.78 is 0. The van der Waals surface area contributed by atoms with Gasteiger partial charge in [0.05, 0.1) is 0 Å². The second kappa shape index (κ2) is 10.8. The van der Waals surface area contributed by atoms with Crippen LogP contribution in [0.15, 0.2) is 47.7 Å². The number of hydrogen-bond donors (Lipinski definition) is 1. The second-order valence-corrected chi connectivity index (χ2v) is 3.89. The molecule has 0 amide bonds. The first-order valence-electron chi connectivity index (χ1n) is 5.99. The van der Waals surface area contributed by atoms with Gasteiger partial charge in [0.25, 0.3) is 0 Å². The van der Waals surface area contributed by atoms with Gasteiger partial charge in [0, 0.05) is 6.54 Å². The summed E-state index contributed by atoms with van der Waals surface area (Å²) in [5.41, 5.74) is 2.37. The molecule has 0 heterocycles. The molecule has 92 valence electrons. The Hall–Kier alpha value is -1.68. The van der Waals surface area contributed by atoms with Crippen molar-refractivity contribution in [1.82, 2.24) is 5.32 Å². The molecule has 0 fully saturated rings. The third-order valence-electron chi connectivity index (χ3n) is 2.36. The van der Waals surface area contributed by atoms with Gasteiger partial charge >= 0.3 is 0 Å². The largest absolute Gasteiger partial charge is 0.388 e. The lowest BCUT2D eigenvalue weighted by Crippen LogP contribution is -2.03. The van der Waals surface area contributed by atoms with Gasteiger partial charge in [-0.15, -0.1) is 6.42 Å². The number of terminal acetylenes is 1. The van der Waals surface area contributed by atoms with Crippen LogP contribution >= 0.6 is 0 Å². The molecule has 0 saturated carbocycles. The van der Waals surface area contributed by atoms with Crippen molar-refractivity contribution in [3.8, 4) is 12.3 Å². The van der Waals surface area contributed by atoms with Gasteiger partial charge < -0.3 is 5.32 Å². The molecule has 17 heavy (non-hydrogen) atoms. The Bertz CT molecular complexity index is 348. The molecule has 0 aliphatic heterocycles. The average molecular weight is 229 g/mol. The molecule has 1 nitrogen and oxygen atoms in total. The van der Waals surface area contributed by atoms with Crippen molar-refractivity contribution in [2.45, 2.75) is 33.6 Å². The lowest BCUT2D eigenvalue weighted by molar-refractivity contribution is 0.970. The Morgan fingerprint density at radius 3 is 2.65 bits per heavy atom. The molecule has 0 aliphatic rings. The number of allylic oxidation sites excluding steroid dienone is 6. The fraction of sp³-hybridized carbons (Fsp3) is 0.375. The normalized spacial score (nSPS) is 13.3. The third-order valence-corrected chi connectivity index (χ3v) is 2.36. The SMILES string of the molecule is C#C/C(C)=C\C/C=C/CN/C=C\C/C(C)=C/C. The Morgan fingerprint density at radius 1 is 1.24 bits per heavy atom. The molecule has 0 rings (SSSR count). The van der Waals surface area contributed by atoms with Crippen LogP contribution in [0.1, 0.15) is 33.6 Å². The second-order valence-electron chi connectivity index (χ2n) is 3.89. The van der Waals surface area contributed by atoms with Crippen LogP contribution in [0, 0.1) is 12.3 Å². The van der Waals surface area contributed by atoms with Crippen LogP contribution in [0.4, 0.5) is 0 Å². The van der Waals surface area contributed by atoms with E-state index in [0.717, 1.165) is 25.0 Å². The zero-order valence-electron chi connectivity index (χ0n) is 11.2. The predicted molar refractivity (Wildman–Crippen MR) is 77.5 cm³/mol. The molecule has 0 atom stereocenters. The average Bonchev–Trinajstić information content (AvgIpc) is 2.35. The van der Waals surface area contributed by atoms with E-state index in [-0.39, 0.29) is 0 Å². The van der Waals surface area contributed by atoms with Crippen LogP contribution in [0.25, 0.3) is 0 Å². The molecule has 0 aromatic carbocycles. The Labute approximate surface area is 106 Å². The van der Waals surface area contributed by atoms with Gasteiger partial charge in [-0.2, -0.15) is 0 Å². The molecule has 0 saturated heterocycles. The predicted octanol–water partition coefficient (Wildman–Crippen LogP) is 3.97. The van der Waals surface area contributed by atoms with Gasteiger partial charge in [-0.25, -0.2) is 0 Å². The van der Waals surface area contributed by atoms with E-state index in [4.69, 9.17) is 6.42 Å². The van der Waals surface area contributed by atoms with Gasteiger partial charge in [-0.3, -0.25) is 0 Å². The Balaban J connectivity index is 3.59. The minimum atomic E-state index is 0.855. The van der Waals surface area contributed by atoms with Gasteiger partial charge in [-0.05, 0) is 45.4 Å². The van der Waals surface area contributed by atoms with E-state index in [0.29, 0.717) is 0 Å². The summed E-state index contributed by atoms with van der Waals surface area (Å²) in [6.45, 7) is 6.99. The molecule has 1 heteroatoms. The van der Waals surface area contributed by atoms with Crippen LogP contribution in [-0.2, 0) is 0 Å². The third kappa shape index (κ3) is 10.6. The van der Waals surface area contributed by atoms with E-state index in [1.54, 1.807) is 0 Å². The molecule has 0 aromatic heterocycles. The van der Waals surface area contributed by atoms with E-state index in [1.807, 2.05) is 19.2 Å². The first-order chi connectivity index (χ1) is 8.20. The highest BCUT2D eigenvalue weighted by Crippen LogP contribution is 1.98. The Morgan fingerprint density at radius 2 is 2.00 bits per heavy atom. The van der Waals surface area contributed by atoms with Crippen molar-refractivity contribution >= 4 is 0 Å². The highest BCUT2D eigenvalue weighted by molar-refractivity contribution is 5.23. The molecular weight excluding hydrogens is 206 g/mol. The molecule has 0 spiro atoms. The van der Waals surface area contributed by atoms with Crippen LogP contribution in [0.5, 0.6) is 0 Å². The number of nitrogens with one attached hydrogen (secondary N) is 1. The quantitative estimate of drug-likeness (QED) is 0.396. The standard InChI is InChI=1S/C16H23N/c1-5-15(3)11-8-7-9-13-17-14-10-12-16(4)6-2/h1,6-7,9-11,14,17H,8,12-13H2,2-4H3/b9-7+,14-10-,15-11-,16-6+. The summed E-state index contributed by atoms with van der Waals surface area (Å²) in [6.07, 6.45) is 19.7. The van der Waals surface area contributed by atoms with Crippen molar-refractivity contribution in [3.05, 3.63) is 47.7 Å². The molecule has 0 bridgehead atoms. The number of hydrogen-bond acceptors (Lipinski definition) is 1. The maximum absolute atomic E-state index is 5.24. The molecule has 1 N–H and O–H groups in total. The molecule has 0 radical (unpaired) electrons. The van der Waals surface area contributed by atoms with Gasteiger partial charge in [-0.1, -0.05) is 41.9 Å². The lowest BCUT2D eigenvalue weighted by Gasteiger charge is -1.95. The van der Waals surface area contributed by atoms with E-state index >= 15 is 0 Å². The van der Waals surface area contributed by atoms with Crippen LogP contribution in [0.3, 0.4) is 0 Å². The fourth-order valence-electron chi connectivity index (χ4n) is 1.07. The molecule has 0 aromatic rings. The van der Waals surface area contributed by atoms with Crippen molar-refractivity contribution in [1.29, 1.82) is 0 Å². The first kappa shape index (κ1) is 15.3. The van der Waals surface area contributed by atoms with E-state index in [1.165, 1.54) is 5.57 Å². The summed E-state index contributed by atoms with van der Waals surface area (Å²) >= 11 is 0. The highest BCUT2D eigenvalue weighted by Gasteiger charge is 1.81. The molecule has 0 aliphatic carbocycles. The lowest BCUT2D eigenvalue weighted by atomic mass is 10.2. The number of rotatable bonds is 7. The van der Waals surface area contributed by atoms with Crippen LogP contribution < -0.4 is 5.32 Å². The van der Waals surface area contributed by atoms with Crippen LogP contribution in [0.2, 0.25) is 0 Å². The van der Waals surface area contributed by atoms with E-state index in [2.05, 4.69) is 49.4 Å². The van der Waals surface area contributed by atoms with Crippen molar-refractivity contribution in [3.63, 3.8) is 0 Å². The smallest absolute Gasteiger partial charge is 0.0325 e. The summed E-state index contributed by atoms with van der Waals surface area (Å²) in [5, 5.41) is 3.21. The minimum absolute atomic E-state index is 0.855. The summed E-state index contributed by atoms with van der Waals surface area (Å²) in [6, 6.07) is 0. The van der Waals surface area contributed by atoms with E-state index in [9.17, 15) is 0 Å². The fourth-order valence-corrected chi connectivity index (χ4v) is 1.07. The summed E-state index contributed by atoms with van der Waals surface area (Å²) in [5.74, 6) is 2.59. The maximum atomic E-state index is 5.24. The van der Waals surface area contributed by atoms with Crippen LogP contribution in [-0.4, -0.2) is 6.54 Å². The van der Waals surface area contributed by atoms with E-state index < -0.39 is 0 Å². The topological polar surface area (TPSA) is 12.0 Å². The van der Waals surface area contributed by atoms with Crippen molar-refractivity contribution < 1.29 is 0 Å². The monoisotopic (exact) mass is 229 g/mol.